The van der Waals surface area contributed by atoms with Crippen molar-refractivity contribution in [3.8, 4) is 5.75 Å². The second-order valence-electron chi connectivity index (χ2n) is 12.4. The van der Waals surface area contributed by atoms with E-state index in [1.807, 2.05) is 65.6 Å². The number of hydrogen-bond donors (Lipinski definition) is 3. The van der Waals surface area contributed by atoms with Crippen LogP contribution in [-0.4, -0.2) is 59.9 Å². The van der Waals surface area contributed by atoms with E-state index in [1.54, 1.807) is 48.5 Å². The van der Waals surface area contributed by atoms with Gasteiger partial charge in [0.15, 0.2) is 6.04 Å². The van der Waals surface area contributed by atoms with E-state index in [9.17, 15) is 24.3 Å². The Kier molecular flexibility index (Phi) is 12.8. The van der Waals surface area contributed by atoms with Crippen molar-refractivity contribution in [1.29, 1.82) is 0 Å². The number of nitrogens with one attached hydrogen (secondary N) is 2. The third-order valence-electron chi connectivity index (χ3n) is 9.71. The number of likely N-dealkylation sites (tertiary alicyclic amines) is 1. The van der Waals surface area contributed by atoms with Crippen LogP contribution in [0, 0.1) is 0 Å². The van der Waals surface area contributed by atoms with E-state index in [4.69, 9.17) is 4.74 Å². The first-order valence-corrected chi connectivity index (χ1v) is 16.3. The van der Waals surface area contributed by atoms with Gasteiger partial charge in [0, 0.05) is 19.1 Å². The summed E-state index contributed by atoms with van der Waals surface area (Å²) in [6, 6.07) is 31.4. The van der Waals surface area contributed by atoms with E-state index in [0.29, 0.717) is 61.2 Å². The van der Waals surface area contributed by atoms with Gasteiger partial charge >= 0.3 is 5.97 Å². The molecule has 262 valence electrons. The minimum atomic E-state index is -1.24. The summed E-state index contributed by atoms with van der Waals surface area (Å²) in [5.74, 6) is -1.74. The highest BCUT2D eigenvalue weighted by Gasteiger charge is 2.49. The van der Waals surface area contributed by atoms with Crippen molar-refractivity contribution in [2.45, 2.75) is 49.1 Å². The smallest absolute Gasteiger partial charge is 0.330 e. The van der Waals surface area contributed by atoms with Gasteiger partial charge in [0.05, 0.1) is 24.0 Å². The fraction of sp³-hybridized carbons (Fsp3) is 0.282. The zero-order valence-electron chi connectivity index (χ0n) is 27.8. The van der Waals surface area contributed by atoms with Crippen LogP contribution in [0.3, 0.4) is 0 Å². The number of carbonyl (C=O) groups is 4. The Morgan fingerprint density at radius 2 is 1.40 bits per heavy atom. The summed E-state index contributed by atoms with van der Waals surface area (Å²) < 4.78 is 5.34. The molecule has 4 aromatic carbocycles. The quantitative estimate of drug-likeness (QED) is 0.212. The lowest BCUT2D eigenvalue weighted by atomic mass is 9.62. The van der Waals surface area contributed by atoms with Crippen molar-refractivity contribution < 1.29 is 29.0 Å². The summed E-state index contributed by atoms with van der Waals surface area (Å²) in [7, 11) is 1.54. The van der Waals surface area contributed by atoms with Crippen LogP contribution < -0.4 is 15.4 Å². The molecule has 50 heavy (non-hydrogen) atoms. The molecule has 1 aliphatic carbocycles. The number of hydrogen-bond acceptors (Lipinski definition) is 5. The molecule has 1 fully saturated rings. The van der Waals surface area contributed by atoms with E-state index in [0.717, 1.165) is 11.1 Å². The summed E-state index contributed by atoms with van der Waals surface area (Å²) in [5.41, 5.74) is 1.96. The SMILES string of the molecule is COc1ccccc1C(=O)NC1CCN(C(=O)[C@H]2CC[C@@](C(=O)N[C@H](C(=O)O)c3ccccc3)(c3ccccc3)c3ccccc32)CC1.S.S. The van der Waals surface area contributed by atoms with Crippen LogP contribution in [0.1, 0.15) is 70.3 Å². The number of rotatable bonds is 9. The lowest BCUT2D eigenvalue weighted by molar-refractivity contribution is -0.143. The largest absolute Gasteiger partial charge is 0.496 e. The molecular weight excluding hydrogens is 671 g/mol. The standard InChI is InChI=1S/C39H39N3O6.2H2S/c1-48-33-19-11-9-17-31(33)35(43)40-28-21-24-42(25-22-28)36(44)30-20-23-39(27-14-6-3-7-15-27,32-18-10-8-16-29(30)32)38(47)41-34(37(45)46)26-12-4-2-5-13-26;;/h2-19,28,30,34H,20-25H2,1H3,(H,40,43)(H,41,47)(H,45,46);2*1H2/t30-,34-,39+;;/m0../s1. The number of fused-ring (bicyclic) bond motifs is 1. The third kappa shape index (κ3) is 7.53. The number of carbonyl (C=O) groups excluding carboxylic acids is 3. The van der Waals surface area contributed by atoms with Gasteiger partial charge in [0.1, 0.15) is 5.75 Å². The maximum Gasteiger partial charge on any atom is 0.330 e. The van der Waals surface area contributed by atoms with Gasteiger partial charge in [-0.05, 0) is 60.1 Å². The minimum absolute atomic E-state index is 0. The van der Waals surface area contributed by atoms with Crippen molar-refractivity contribution in [2.75, 3.05) is 20.2 Å². The molecular formula is C39H43N3O6S2. The summed E-state index contributed by atoms with van der Waals surface area (Å²) in [4.78, 5) is 55.9. The zero-order valence-corrected chi connectivity index (χ0v) is 29.8. The Morgan fingerprint density at radius 1 is 0.800 bits per heavy atom. The molecule has 1 saturated heterocycles. The number of benzene rings is 4. The maximum atomic E-state index is 14.5. The molecule has 0 unspecified atom stereocenters. The molecule has 1 aliphatic heterocycles. The fourth-order valence-electron chi connectivity index (χ4n) is 7.23. The Morgan fingerprint density at radius 3 is 2.06 bits per heavy atom. The van der Waals surface area contributed by atoms with Gasteiger partial charge in [-0.25, -0.2) is 4.79 Å². The molecule has 11 heteroatoms. The van der Waals surface area contributed by atoms with Gasteiger partial charge in [-0.3, -0.25) is 14.4 Å². The Hall–Kier alpha value is -4.74. The van der Waals surface area contributed by atoms with E-state index in [1.165, 1.54) is 7.11 Å². The van der Waals surface area contributed by atoms with Gasteiger partial charge < -0.3 is 25.4 Å². The highest BCUT2D eigenvalue weighted by molar-refractivity contribution is 7.59. The molecule has 6 rings (SSSR count). The topological polar surface area (TPSA) is 125 Å². The summed E-state index contributed by atoms with van der Waals surface area (Å²) in [6.07, 6.45) is 1.97. The van der Waals surface area contributed by atoms with Gasteiger partial charge in [0.2, 0.25) is 11.8 Å². The zero-order chi connectivity index (χ0) is 33.7. The van der Waals surface area contributed by atoms with Crippen molar-refractivity contribution in [3.63, 3.8) is 0 Å². The van der Waals surface area contributed by atoms with Crippen molar-refractivity contribution in [1.82, 2.24) is 15.5 Å². The van der Waals surface area contributed by atoms with E-state index in [2.05, 4.69) is 10.6 Å². The molecule has 3 N–H and O–H groups in total. The second-order valence-corrected chi connectivity index (χ2v) is 12.4. The molecule has 3 atom stereocenters. The molecule has 2 aliphatic rings. The number of piperidine rings is 1. The minimum Gasteiger partial charge on any atom is -0.496 e. The van der Waals surface area contributed by atoms with Crippen LogP contribution >= 0.6 is 27.0 Å². The molecule has 0 aromatic heterocycles. The summed E-state index contributed by atoms with van der Waals surface area (Å²) >= 11 is 0. The predicted molar refractivity (Wildman–Crippen MR) is 201 cm³/mol. The summed E-state index contributed by atoms with van der Waals surface area (Å²) in [5, 5.41) is 16.1. The second kappa shape index (κ2) is 16.8. The van der Waals surface area contributed by atoms with Gasteiger partial charge in [-0.1, -0.05) is 97.1 Å². The van der Waals surface area contributed by atoms with Gasteiger partial charge in [-0.2, -0.15) is 27.0 Å². The number of methoxy groups -OCH3 is 1. The first-order valence-electron chi connectivity index (χ1n) is 16.3. The normalized spacial score (nSPS) is 19.0. The summed E-state index contributed by atoms with van der Waals surface area (Å²) in [6.45, 7) is 0.992. The van der Waals surface area contributed by atoms with Crippen molar-refractivity contribution in [2.24, 2.45) is 0 Å². The molecule has 3 amide bonds. The molecule has 4 aromatic rings. The number of carboxylic acids is 1. The molecule has 0 radical (unpaired) electrons. The molecule has 9 nitrogen and oxygen atoms in total. The Balaban J connectivity index is 0.00000281. The van der Waals surface area contributed by atoms with Crippen LogP contribution in [0.2, 0.25) is 0 Å². The van der Waals surface area contributed by atoms with E-state index >= 15 is 0 Å². The average molecular weight is 714 g/mol. The van der Waals surface area contributed by atoms with Gasteiger partial charge in [-0.15, -0.1) is 0 Å². The Bertz CT molecular complexity index is 1800. The predicted octanol–water partition coefficient (Wildman–Crippen LogP) is 5.45. The first-order chi connectivity index (χ1) is 23.3. The first kappa shape index (κ1) is 38.1. The molecule has 1 heterocycles. The van der Waals surface area contributed by atoms with Crippen LogP contribution in [0.5, 0.6) is 5.75 Å². The lowest BCUT2D eigenvalue weighted by Crippen LogP contribution is -2.52. The number of ether oxygens (including phenoxy) is 1. The highest BCUT2D eigenvalue weighted by atomic mass is 32.1. The monoisotopic (exact) mass is 713 g/mol. The van der Waals surface area contributed by atoms with Crippen molar-refractivity contribution in [3.05, 3.63) is 137 Å². The van der Waals surface area contributed by atoms with Crippen LogP contribution in [0.4, 0.5) is 0 Å². The van der Waals surface area contributed by atoms with E-state index < -0.39 is 29.3 Å². The fourth-order valence-corrected chi connectivity index (χ4v) is 7.23. The number of nitrogens with zero attached hydrogens (tertiary/aromatic N) is 1. The number of para-hydroxylation sites is 1. The lowest BCUT2D eigenvalue weighted by Gasteiger charge is -2.43. The molecule has 0 saturated carbocycles. The van der Waals surface area contributed by atoms with Crippen LogP contribution in [-0.2, 0) is 19.8 Å². The number of aliphatic carboxylic acids is 1. The number of amides is 3. The third-order valence-corrected chi connectivity index (χ3v) is 9.71. The van der Waals surface area contributed by atoms with Crippen molar-refractivity contribution >= 4 is 50.7 Å². The van der Waals surface area contributed by atoms with Crippen LogP contribution in [0.15, 0.2) is 109 Å². The molecule has 0 bridgehead atoms. The highest BCUT2D eigenvalue weighted by Crippen LogP contribution is 2.48. The van der Waals surface area contributed by atoms with Crippen LogP contribution in [0.25, 0.3) is 0 Å². The van der Waals surface area contributed by atoms with E-state index in [-0.39, 0.29) is 44.8 Å². The molecule has 0 spiro atoms. The average Bonchev–Trinajstić information content (AvgIpc) is 3.13. The maximum absolute atomic E-state index is 14.5. The Labute approximate surface area is 306 Å². The number of carboxylic acid groups (broad SMARTS) is 1. The van der Waals surface area contributed by atoms with Gasteiger partial charge in [0.25, 0.3) is 5.91 Å².